The molecule has 4 heterocycles. The molecule has 2 aliphatic rings. The Kier molecular flexibility index (Phi) is 7.52. The van der Waals surface area contributed by atoms with Crippen LogP contribution in [0.15, 0.2) is 164 Å². The average Bonchev–Trinajstić information content (AvgIpc) is 3.77. The van der Waals surface area contributed by atoms with Crippen LogP contribution in [0.25, 0.3) is 66.1 Å². The monoisotopic (exact) mass is 788 g/mol. The molecule has 0 bridgehead atoms. The predicted molar refractivity (Wildman–Crippen MR) is 256 cm³/mol. The number of rotatable bonds is 3. The summed E-state index contributed by atoms with van der Waals surface area (Å²) >= 11 is 0. The van der Waals surface area contributed by atoms with Gasteiger partial charge in [0.1, 0.15) is 23.0 Å². The molecule has 0 saturated carbocycles. The third kappa shape index (κ3) is 5.46. The highest BCUT2D eigenvalue weighted by Gasteiger charge is 2.41. The molecule has 61 heavy (non-hydrogen) atoms. The third-order valence-corrected chi connectivity index (χ3v) is 13.1. The fraction of sp³-hybridized carbons (Fsp3) is 0.143. The van der Waals surface area contributed by atoms with Gasteiger partial charge < -0.3 is 18.6 Å². The number of hydrogen-bond acceptors (Lipinski definition) is 2. The van der Waals surface area contributed by atoms with Gasteiger partial charge in [-0.05, 0) is 105 Å². The van der Waals surface area contributed by atoms with E-state index in [0.717, 1.165) is 50.9 Å². The minimum Gasteiger partial charge on any atom is -0.458 e. The minimum absolute atomic E-state index is 0.00523. The molecule has 10 aromatic rings. The third-order valence-electron chi connectivity index (χ3n) is 13.1. The summed E-state index contributed by atoms with van der Waals surface area (Å²) in [6.45, 7) is 13.6. The molecule has 0 spiro atoms. The lowest BCUT2D eigenvalue weighted by Crippen LogP contribution is -2.57. The standard InChI is InChI=1S/C56H45BN2O2/c1-55(2,3)36-22-24-44-50(30-36)60-52-32-39(33-53-54(52)57(44)45-25-23-37(56(4,5)6)31-51(45)61-53)59-47-19-13-11-17-41(47)43-29-35(21-27-49(43)59)34-20-26-48-42(28-34)40-16-10-12-18-46(40)58(48)38-14-8-7-9-15-38/h7-33H,1-6H3. The van der Waals surface area contributed by atoms with Crippen molar-refractivity contribution in [3.05, 3.63) is 175 Å². The molecular formula is C56H45BN2O2. The molecule has 0 unspecified atom stereocenters. The van der Waals surface area contributed by atoms with Crippen LogP contribution in [0, 0.1) is 0 Å². The molecule has 0 aliphatic carbocycles. The van der Waals surface area contributed by atoms with Gasteiger partial charge in [0.05, 0.1) is 27.8 Å². The van der Waals surface area contributed by atoms with Crippen LogP contribution in [-0.2, 0) is 10.8 Å². The Morgan fingerprint density at radius 2 is 0.820 bits per heavy atom. The summed E-state index contributed by atoms with van der Waals surface area (Å²) in [5, 5.41) is 4.89. The summed E-state index contributed by atoms with van der Waals surface area (Å²) in [5.41, 5.74) is 15.1. The molecule has 2 aromatic heterocycles. The summed E-state index contributed by atoms with van der Waals surface area (Å²) in [6.07, 6.45) is 0. The zero-order valence-corrected chi connectivity index (χ0v) is 35.4. The molecular weight excluding hydrogens is 743 g/mol. The van der Waals surface area contributed by atoms with Crippen molar-refractivity contribution in [1.82, 2.24) is 9.13 Å². The van der Waals surface area contributed by atoms with Crippen LogP contribution in [0.1, 0.15) is 52.7 Å². The number of nitrogens with zero attached hydrogens (tertiary/aromatic N) is 2. The van der Waals surface area contributed by atoms with Gasteiger partial charge in [0.15, 0.2) is 0 Å². The van der Waals surface area contributed by atoms with Crippen molar-refractivity contribution in [3.63, 3.8) is 0 Å². The van der Waals surface area contributed by atoms with E-state index < -0.39 is 0 Å². The molecule has 0 fully saturated rings. The molecule has 12 rings (SSSR count). The smallest absolute Gasteiger partial charge is 0.260 e. The second-order valence-corrected chi connectivity index (χ2v) is 19.0. The Balaban J connectivity index is 1.03. The van der Waals surface area contributed by atoms with E-state index in [1.165, 1.54) is 65.8 Å². The fourth-order valence-electron chi connectivity index (χ4n) is 9.98. The Hall–Kier alpha value is -6.98. The highest BCUT2D eigenvalue weighted by molar-refractivity contribution is 6.98. The van der Waals surface area contributed by atoms with E-state index >= 15 is 0 Å². The van der Waals surface area contributed by atoms with Gasteiger partial charge in [-0.3, -0.25) is 0 Å². The highest BCUT2D eigenvalue weighted by atomic mass is 16.5. The van der Waals surface area contributed by atoms with Crippen molar-refractivity contribution in [2.45, 2.75) is 52.4 Å². The Labute approximate surface area is 356 Å². The molecule has 0 radical (unpaired) electrons. The lowest BCUT2D eigenvalue weighted by Gasteiger charge is -2.35. The molecule has 4 nitrogen and oxygen atoms in total. The summed E-state index contributed by atoms with van der Waals surface area (Å²) in [4.78, 5) is 0. The summed E-state index contributed by atoms with van der Waals surface area (Å²) in [5.74, 6) is 3.51. The van der Waals surface area contributed by atoms with Crippen LogP contribution in [0.5, 0.6) is 23.0 Å². The lowest BCUT2D eigenvalue weighted by molar-refractivity contribution is 0.461. The van der Waals surface area contributed by atoms with Crippen LogP contribution in [0.3, 0.4) is 0 Å². The Morgan fingerprint density at radius 3 is 1.31 bits per heavy atom. The summed E-state index contributed by atoms with van der Waals surface area (Å²) in [7, 11) is 0. The van der Waals surface area contributed by atoms with Crippen molar-refractivity contribution in [1.29, 1.82) is 0 Å². The van der Waals surface area contributed by atoms with Gasteiger partial charge in [0.2, 0.25) is 0 Å². The zero-order valence-electron chi connectivity index (χ0n) is 35.4. The molecule has 294 valence electrons. The SMILES string of the molecule is CC(C)(C)c1ccc2c(c1)Oc1cc(-n3c4ccccc4c4cc(-c5ccc6c(c5)c5ccccc5n6-c5ccccc5)ccc43)cc3c1B2c1ccc(C(C)(C)C)cc1O3. The van der Waals surface area contributed by atoms with E-state index in [-0.39, 0.29) is 17.5 Å². The van der Waals surface area contributed by atoms with Crippen LogP contribution >= 0.6 is 0 Å². The number of fused-ring (bicyclic) bond motifs is 10. The molecule has 5 heteroatoms. The molecule has 0 N–H and O–H groups in total. The first-order valence-corrected chi connectivity index (χ1v) is 21.4. The van der Waals surface area contributed by atoms with E-state index in [9.17, 15) is 0 Å². The highest BCUT2D eigenvalue weighted by Crippen LogP contribution is 2.42. The topological polar surface area (TPSA) is 28.3 Å². The molecule has 0 atom stereocenters. The van der Waals surface area contributed by atoms with Crippen molar-refractivity contribution >= 4 is 66.7 Å². The number of para-hydroxylation sites is 3. The van der Waals surface area contributed by atoms with Crippen molar-refractivity contribution in [2.24, 2.45) is 0 Å². The van der Waals surface area contributed by atoms with Crippen LogP contribution in [0.4, 0.5) is 0 Å². The number of ether oxygens (including phenoxy) is 2. The second kappa shape index (κ2) is 12.8. The lowest BCUT2D eigenvalue weighted by atomic mass is 9.34. The normalized spacial score (nSPS) is 13.3. The van der Waals surface area contributed by atoms with E-state index in [1.54, 1.807) is 0 Å². The first-order valence-electron chi connectivity index (χ1n) is 21.4. The van der Waals surface area contributed by atoms with Gasteiger partial charge in [0.25, 0.3) is 6.71 Å². The van der Waals surface area contributed by atoms with E-state index in [2.05, 4.69) is 214 Å². The minimum atomic E-state index is -0.0184. The van der Waals surface area contributed by atoms with Gasteiger partial charge in [0, 0.05) is 44.8 Å². The molecule has 0 amide bonds. The van der Waals surface area contributed by atoms with E-state index in [1.807, 2.05) is 0 Å². The first kappa shape index (κ1) is 35.9. The Bertz CT molecular complexity index is 3360. The van der Waals surface area contributed by atoms with Crippen LogP contribution in [0.2, 0.25) is 0 Å². The van der Waals surface area contributed by atoms with Gasteiger partial charge >= 0.3 is 0 Å². The van der Waals surface area contributed by atoms with Gasteiger partial charge in [-0.1, -0.05) is 133 Å². The molecule has 8 aromatic carbocycles. The largest absolute Gasteiger partial charge is 0.458 e. The predicted octanol–water partition coefficient (Wildman–Crippen LogP) is 12.9. The van der Waals surface area contributed by atoms with E-state index in [4.69, 9.17) is 9.47 Å². The quantitative estimate of drug-likeness (QED) is 0.167. The maximum absolute atomic E-state index is 6.99. The van der Waals surface area contributed by atoms with Crippen molar-refractivity contribution < 1.29 is 9.47 Å². The van der Waals surface area contributed by atoms with Crippen LogP contribution in [-0.4, -0.2) is 15.8 Å². The van der Waals surface area contributed by atoms with E-state index in [0.29, 0.717) is 0 Å². The maximum atomic E-state index is 6.99. The first-order chi connectivity index (χ1) is 29.5. The molecule has 0 saturated heterocycles. The average molecular weight is 789 g/mol. The fourth-order valence-corrected chi connectivity index (χ4v) is 9.98. The van der Waals surface area contributed by atoms with Gasteiger partial charge in [-0.25, -0.2) is 0 Å². The van der Waals surface area contributed by atoms with Gasteiger partial charge in [-0.15, -0.1) is 0 Å². The maximum Gasteiger partial charge on any atom is 0.260 e. The molecule has 2 aliphatic heterocycles. The number of benzene rings is 8. The number of hydrogen-bond donors (Lipinski definition) is 0. The Morgan fingerprint density at radius 1 is 0.377 bits per heavy atom. The second-order valence-electron chi connectivity index (χ2n) is 19.0. The summed E-state index contributed by atoms with van der Waals surface area (Å²) < 4.78 is 18.7. The van der Waals surface area contributed by atoms with Crippen molar-refractivity contribution in [3.8, 4) is 45.5 Å². The van der Waals surface area contributed by atoms with Crippen LogP contribution < -0.4 is 25.9 Å². The number of aromatic nitrogens is 2. The van der Waals surface area contributed by atoms with Crippen molar-refractivity contribution in [2.75, 3.05) is 0 Å². The summed E-state index contributed by atoms with van der Waals surface area (Å²) in [6, 6.07) is 60.0. The zero-order chi connectivity index (χ0) is 41.4. The van der Waals surface area contributed by atoms with Gasteiger partial charge in [-0.2, -0.15) is 0 Å².